The van der Waals surface area contributed by atoms with E-state index < -0.39 is 0 Å². The number of rotatable bonds is 2. The van der Waals surface area contributed by atoms with E-state index in [1.165, 1.54) is 19.3 Å². The molecule has 4 nitrogen and oxygen atoms in total. The van der Waals surface area contributed by atoms with Crippen molar-refractivity contribution < 1.29 is 5.11 Å². The molecule has 112 valence electrons. The fourth-order valence-electron chi connectivity index (χ4n) is 3.67. The van der Waals surface area contributed by atoms with E-state index in [4.69, 9.17) is 5.73 Å². The van der Waals surface area contributed by atoms with E-state index in [0.29, 0.717) is 17.7 Å². The molecule has 1 aliphatic heterocycles. The Hall–Kier alpha value is -0.840. The third-order valence-corrected chi connectivity index (χ3v) is 4.69. The summed E-state index contributed by atoms with van der Waals surface area (Å²) in [6, 6.07) is 3.95. The summed E-state index contributed by atoms with van der Waals surface area (Å²) in [7, 11) is 0. The van der Waals surface area contributed by atoms with Crippen molar-refractivity contribution in [3.8, 4) is 5.75 Å². The second-order valence-electron chi connectivity index (χ2n) is 6.13. The summed E-state index contributed by atoms with van der Waals surface area (Å²) in [5.41, 5.74) is 8.00. The maximum absolute atomic E-state index is 9.89. The van der Waals surface area contributed by atoms with Crippen molar-refractivity contribution in [2.75, 3.05) is 13.1 Å². The number of aromatic nitrogens is 1. The summed E-state index contributed by atoms with van der Waals surface area (Å²) >= 11 is 0. The Balaban J connectivity index is 0.00000147. The molecule has 0 radical (unpaired) electrons. The first-order valence-electron chi connectivity index (χ1n) is 7.27. The second-order valence-corrected chi connectivity index (χ2v) is 6.13. The molecule has 2 aliphatic rings. The summed E-state index contributed by atoms with van der Waals surface area (Å²) in [5.74, 6) is 1.70. The zero-order valence-electron chi connectivity index (χ0n) is 12.0. The topological polar surface area (TPSA) is 62.4 Å². The standard InChI is InChI=1S/C15H23N3O.ClH/c1-10-5-6-15(19)14(17-10)9-18-7-11-3-2-4-13(16)12(11)8-18;/h5-6,11-13,19H,2-4,7-9,16H2,1H3;1H. The Bertz CT molecular complexity index is 468. The molecule has 1 aromatic rings. The number of hydrogen-bond donors (Lipinski definition) is 2. The quantitative estimate of drug-likeness (QED) is 0.877. The van der Waals surface area contributed by atoms with Gasteiger partial charge in [0, 0.05) is 31.4 Å². The molecule has 1 aromatic heterocycles. The van der Waals surface area contributed by atoms with Crippen LogP contribution in [0.25, 0.3) is 0 Å². The molecule has 0 amide bonds. The molecular formula is C15H24ClN3O. The highest BCUT2D eigenvalue weighted by Crippen LogP contribution is 2.36. The largest absolute Gasteiger partial charge is 0.506 e. The highest BCUT2D eigenvalue weighted by atomic mass is 35.5. The summed E-state index contributed by atoms with van der Waals surface area (Å²) in [6.07, 6.45) is 3.75. The van der Waals surface area contributed by atoms with Crippen LogP contribution in [0.3, 0.4) is 0 Å². The van der Waals surface area contributed by atoms with Gasteiger partial charge in [-0.25, -0.2) is 0 Å². The van der Waals surface area contributed by atoms with E-state index in [2.05, 4.69) is 9.88 Å². The smallest absolute Gasteiger partial charge is 0.138 e. The Kier molecular flexibility index (Phi) is 4.89. The molecule has 1 saturated carbocycles. The van der Waals surface area contributed by atoms with Crippen molar-refractivity contribution >= 4 is 12.4 Å². The van der Waals surface area contributed by atoms with Crippen molar-refractivity contribution in [2.45, 2.75) is 38.8 Å². The van der Waals surface area contributed by atoms with E-state index in [1.54, 1.807) is 6.07 Å². The van der Waals surface area contributed by atoms with Gasteiger partial charge in [0.05, 0.1) is 5.69 Å². The van der Waals surface area contributed by atoms with Crippen LogP contribution in [0, 0.1) is 18.8 Å². The molecule has 0 bridgehead atoms. The van der Waals surface area contributed by atoms with Gasteiger partial charge in [-0.3, -0.25) is 9.88 Å². The minimum absolute atomic E-state index is 0. The minimum atomic E-state index is 0. The van der Waals surface area contributed by atoms with Gasteiger partial charge in [-0.05, 0) is 43.7 Å². The zero-order chi connectivity index (χ0) is 13.4. The van der Waals surface area contributed by atoms with Crippen LogP contribution in [-0.2, 0) is 6.54 Å². The number of nitrogens with two attached hydrogens (primary N) is 1. The maximum Gasteiger partial charge on any atom is 0.138 e. The Morgan fingerprint density at radius 3 is 2.90 bits per heavy atom. The van der Waals surface area contributed by atoms with Crippen LogP contribution in [-0.4, -0.2) is 34.1 Å². The average molecular weight is 298 g/mol. The summed E-state index contributed by atoms with van der Waals surface area (Å²) in [5, 5.41) is 9.89. The van der Waals surface area contributed by atoms with Gasteiger partial charge in [0.15, 0.2) is 0 Å². The lowest BCUT2D eigenvalue weighted by molar-refractivity contribution is 0.259. The number of aryl methyl sites for hydroxylation is 1. The summed E-state index contributed by atoms with van der Waals surface area (Å²) in [6.45, 7) is 4.87. The molecule has 3 rings (SSSR count). The fraction of sp³-hybridized carbons (Fsp3) is 0.667. The van der Waals surface area contributed by atoms with Gasteiger partial charge < -0.3 is 10.8 Å². The number of fused-ring (bicyclic) bond motifs is 1. The van der Waals surface area contributed by atoms with E-state index in [0.717, 1.165) is 36.9 Å². The van der Waals surface area contributed by atoms with Crippen LogP contribution in [0.5, 0.6) is 5.75 Å². The first kappa shape index (κ1) is 15.5. The first-order chi connectivity index (χ1) is 9.13. The van der Waals surface area contributed by atoms with Crippen LogP contribution in [0.15, 0.2) is 12.1 Å². The van der Waals surface area contributed by atoms with Gasteiger partial charge in [0.25, 0.3) is 0 Å². The van der Waals surface area contributed by atoms with Gasteiger partial charge in [-0.1, -0.05) is 6.42 Å². The van der Waals surface area contributed by atoms with Crippen molar-refractivity contribution in [2.24, 2.45) is 17.6 Å². The third-order valence-electron chi connectivity index (χ3n) is 4.69. The lowest BCUT2D eigenvalue weighted by atomic mass is 9.78. The van der Waals surface area contributed by atoms with Gasteiger partial charge in [-0.15, -0.1) is 12.4 Å². The molecule has 0 aromatic carbocycles. The highest BCUT2D eigenvalue weighted by molar-refractivity contribution is 5.85. The molecule has 1 saturated heterocycles. The lowest BCUT2D eigenvalue weighted by Crippen LogP contribution is -2.38. The van der Waals surface area contributed by atoms with E-state index >= 15 is 0 Å². The molecule has 1 aliphatic carbocycles. The van der Waals surface area contributed by atoms with Crippen LogP contribution < -0.4 is 5.73 Å². The Morgan fingerprint density at radius 2 is 2.15 bits per heavy atom. The van der Waals surface area contributed by atoms with Crippen molar-refractivity contribution in [3.63, 3.8) is 0 Å². The highest BCUT2D eigenvalue weighted by Gasteiger charge is 2.38. The molecule has 5 heteroatoms. The molecule has 0 spiro atoms. The maximum atomic E-state index is 9.89. The molecule has 3 unspecified atom stereocenters. The van der Waals surface area contributed by atoms with Crippen LogP contribution in [0.4, 0.5) is 0 Å². The van der Waals surface area contributed by atoms with Crippen LogP contribution in [0.2, 0.25) is 0 Å². The second kappa shape index (κ2) is 6.29. The van der Waals surface area contributed by atoms with E-state index in [-0.39, 0.29) is 12.4 Å². The number of halogens is 1. The normalized spacial score (nSPS) is 29.8. The molecule has 3 atom stereocenters. The molecule has 3 N–H and O–H groups in total. The summed E-state index contributed by atoms with van der Waals surface area (Å²) < 4.78 is 0. The number of likely N-dealkylation sites (tertiary alicyclic amines) is 1. The van der Waals surface area contributed by atoms with Crippen LogP contribution >= 0.6 is 12.4 Å². The number of nitrogens with zero attached hydrogens (tertiary/aromatic N) is 2. The van der Waals surface area contributed by atoms with E-state index in [1.807, 2.05) is 13.0 Å². The monoisotopic (exact) mass is 297 g/mol. The van der Waals surface area contributed by atoms with Gasteiger partial charge in [-0.2, -0.15) is 0 Å². The van der Waals surface area contributed by atoms with Crippen molar-refractivity contribution in [1.82, 2.24) is 9.88 Å². The van der Waals surface area contributed by atoms with Crippen LogP contribution in [0.1, 0.15) is 30.7 Å². The third kappa shape index (κ3) is 3.08. The van der Waals surface area contributed by atoms with Crippen molar-refractivity contribution in [3.05, 3.63) is 23.5 Å². The Morgan fingerprint density at radius 1 is 1.35 bits per heavy atom. The number of pyridine rings is 1. The zero-order valence-corrected chi connectivity index (χ0v) is 12.8. The molecular weight excluding hydrogens is 274 g/mol. The lowest BCUT2D eigenvalue weighted by Gasteiger charge is -2.29. The summed E-state index contributed by atoms with van der Waals surface area (Å²) in [4.78, 5) is 6.85. The average Bonchev–Trinajstić information content (AvgIpc) is 2.78. The van der Waals surface area contributed by atoms with Crippen molar-refractivity contribution in [1.29, 1.82) is 0 Å². The van der Waals surface area contributed by atoms with Gasteiger partial charge in [0.2, 0.25) is 0 Å². The van der Waals surface area contributed by atoms with E-state index in [9.17, 15) is 5.11 Å². The molecule has 2 heterocycles. The first-order valence-corrected chi connectivity index (χ1v) is 7.27. The number of hydrogen-bond acceptors (Lipinski definition) is 4. The Labute approximate surface area is 126 Å². The minimum Gasteiger partial charge on any atom is -0.506 e. The number of aromatic hydroxyl groups is 1. The SMILES string of the molecule is Cc1ccc(O)c(CN2CC3CCCC(N)C3C2)n1.Cl. The predicted molar refractivity (Wildman–Crippen MR) is 82.0 cm³/mol. The molecule has 20 heavy (non-hydrogen) atoms. The van der Waals surface area contributed by atoms with Gasteiger partial charge in [0.1, 0.15) is 5.75 Å². The predicted octanol–water partition coefficient (Wildman–Crippen LogP) is 2.08. The fourth-order valence-corrected chi connectivity index (χ4v) is 3.67. The van der Waals surface area contributed by atoms with Gasteiger partial charge >= 0.3 is 0 Å². The molecule has 2 fully saturated rings.